The fraction of sp³-hybridized carbons (Fsp3) is 0.643. The highest BCUT2D eigenvalue weighted by Crippen LogP contribution is 2.28. The molecule has 1 fully saturated rings. The van der Waals surface area contributed by atoms with Gasteiger partial charge in [-0.25, -0.2) is 13.4 Å². The second-order valence-electron chi connectivity index (χ2n) is 4.94. The zero-order chi connectivity index (χ0) is 15.3. The molecule has 1 unspecified atom stereocenters. The van der Waals surface area contributed by atoms with Crippen LogP contribution < -0.4 is 10.2 Å². The van der Waals surface area contributed by atoms with Crippen molar-refractivity contribution in [1.82, 2.24) is 10.3 Å². The van der Waals surface area contributed by atoms with Crippen LogP contribution in [0.5, 0.6) is 0 Å². The van der Waals surface area contributed by atoms with E-state index in [1.807, 2.05) is 17.0 Å². The summed E-state index contributed by atoms with van der Waals surface area (Å²) >= 11 is 1.70. The van der Waals surface area contributed by atoms with E-state index in [0.29, 0.717) is 12.3 Å². The Labute approximate surface area is 131 Å². The maximum atomic E-state index is 12.4. The van der Waals surface area contributed by atoms with Crippen LogP contribution in [0, 0.1) is 0 Å². The van der Waals surface area contributed by atoms with Gasteiger partial charge >= 0.3 is 0 Å². The first-order valence-electron chi connectivity index (χ1n) is 7.30. The molecule has 7 heteroatoms. The monoisotopic (exact) mass is 329 g/mol. The maximum absolute atomic E-state index is 12.4. The molecule has 0 aromatic carbocycles. The van der Waals surface area contributed by atoms with E-state index in [-0.39, 0.29) is 5.75 Å². The number of rotatable bonds is 6. The lowest BCUT2D eigenvalue weighted by atomic mass is 10.2. The van der Waals surface area contributed by atoms with Crippen molar-refractivity contribution in [1.29, 1.82) is 0 Å². The Balaban J connectivity index is 2.33. The fourth-order valence-electron chi connectivity index (χ4n) is 2.40. The highest BCUT2D eigenvalue weighted by molar-refractivity contribution is 8.01. The number of nitrogens with zero attached hydrogens (tertiary/aromatic N) is 2. The summed E-state index contributed by atoms with van der Waals surface area (Å²) in [6.45, 7) is 6.08. The van der Waals surface area contributed by atoms with Gasteiger partial charge in [0.15, 0.2) is 9.84 Å². The molecule has 2 rings (SSSR count). The van der Waals surface area contributed by atoms with Crippen LogP contribution in [0.1, 0.15) is 19.4 Å². The maximum Gasteiger partial charge on any atom is 0.171 e. The van der Waals surface area contributed by atoms with Gasteiger partial charge in [-0.1, -0.05) is 19.9 Å². The summed E-state index contributed by atoms with van der Waals surface area (Å²) in [5.41, 5.74) is 1.06. The largest absolute Gasteiger partial charge is 0.338 e. The summed E-state index contributed by atoms with van der Waals surface area (Å²) in [6.07, 6.45) is 1.74. The minimum Gasteiger partial charge on any atom is -0.338 e. The summed E-state index contributed by atoms with van der Waals surface area (Å²) in [4.78, 5) is 6.44. The molecule has 0 aliphatic carbocycles. The predicted molar refractivity (Wildman–Crippen MR) is 89.5 cm³/mol. The number of hydrogen-bond acceptors (Lipinski definition) is 6. The number of hydrogen-bond donors (Lipinski definition) is 1. The van der Waals surface area contributed by atoms with Gasteiger partial charge in [0, 0.05) is 42.1 Å². The second-order valence-corrected chi connectivity index (χ2v) is 8.54. The highest BCUT2D eigenvalue weighted by Gasteiger charge is 2.34. The lowest BCUT2D eigenvalue weighted by molar-refractivity contribution is 0.578. The molecule has 1 aliphatic heterocycles. The molecule has 21 heavy (non-hydrogen) atoms. The van der Waals surface area contributed by atoms with E-state index in [2.05, 4.69) is 17.2 Å². The van der Waals surface area contributed by atoms with Crippen molar-refractivity contribution in [3.8, 4) is 0 Å². The van der Waals surface area contributed by atoms with E-state index in [4.69, 9.17) is 0 Å². The molecule has 0 bridgehead atoms. The van der Waals surface area contributed by atoms with Crippen LogP contribution >= 0.6 is 11.8 Å². The van der Waals surface area contributed by atoms with E-state index >= 15 is 0 Å². The molecule has 0 amide bonds. The smallest absolute Gasteiger partial charge is 0.171 e. The second kappa shape index (κ2) is 7.47. The molecular weight excluding hydrogens is 306 g/mol. The van der Waals surface area contributed by atoms with Gasteiger partial charge in [-0.15, -0.1) is 0 Å². The van der Waals surface area contributed by atoms with Crippen molar-refractivity contribution in [3.63, 3.8) is 0 Å². The van der Waals surface area contributed by atoms with Gasteiger partial charge < -0.3 is 10.2 Å². The first kappa shape index (κ1) is 16.6. The Kier molecular flexibility index (Phi) is 5.89. The molecule has 0 saturated carbocycles. The van der Waals surface area contributed by atoms with Crippen molar-refractivity contribution in [3.05, 3.63) is 23.9 Å². The normalized spacial score (nSPS) is 19.7. The van der Waals surface area contributed by atoms with Crippen LogP contribution in [0.15, 0.2) is 18.3 Å². The van der Waals surface area contributed by atoms with Crippen LogP contribution in [0.3, 0.4) is 0 Å². The van der Waals surface area contributed by atoms with E-state index < -0.39 is 15.2 Å². The molecule has 1 atom stereocenters. The summed E-state index contributed by atoms with van der Waals surface area (Å²) in [7, 11) is -3.11. The van der Waals surface area contributed by atoms with Crippen LogP contribution in [-0.2, 0) is 16.4 Å². The Bertz CT molecular complexity index is 563. The zero-order valence-electron chi connectivity index (χ0n) is 12.6. The Hall–Kier alpha value is -0.790. The third kappa shape index (κ3) is 3.90. The van der Waals surface area contributed by atoms with Gasteiger partial charge in [0.1, 0.15) is 11.2 Å². The Morgan fingerprint density at radius 2 is 2.29 bits per heavy atom. The average Bonchev–Trinajstić information content (AvgIpc) is 2.53. The summed E-state index contributed by atoms with van der Waals surface area (Å²) in [5, 5.41) is 2.83. The molecule has 1 N–H and O–H groups in total. The van der Waals surface area contributed by atoms with Crippen molar-refractivity contribution >= 4 is 27.4 Å². The molecule has 118 valence electrons. The van der Waals surface area contributed by atoms with Crippen molar-refractivity contribution in [2.45, 2.75) is 25.8 Å². The number of aromatic nitrogens is 1. The first-order valence-corrected chi connectivity index (χ1v) is 10.2. The highest BCUT2D eigenvalue weighted by atomic mass is 32.2. The number of sulfone groups is 1. The van der Waals surface area contributed by atoms with Crippen LogP contribution in [0.4, 0.5) is 5.82 Å². The summed E-state index contributed by atoms with van der Waals surface area (Å²) in [6, 6.07) is 3.92. The third-order valence-corrected chi connectivity index (χ3v) is 6.90. The lowest BCUT2D eigenvalue weighted by Gasteiger charge is -2.36. The van der Waals surface area contributed by atoms with E-state index in [1.165, 1.54) is 0 Å². The van der Waals surface area contributed by atoms with E-state index in [9.17, 15) is 8.42 Å². The van der Waals surface area contributed by atoms with Gasteiger partial charge in [-0.05, 0) is 12.6 Å². The van der Waals surface area contributed by atoms with Crippen molar-refractivity contribution in [2.24, 2.45) is 0 Å². The molecule has 0 spiro atoms. The number of anilines is 1. The third-order valence-electron chi connectivity index (χ3n) is 3.61. The predicted octanol–water partition coefficient (Wildman–Crippen LogP) is 1.51. The standard InChI is InChI=1S/C14H23N3O2S2/c1-3-15-10-12-6-5-7-16-14(12)17-8-9-20-11-13(17)21(18,19)4-2/h5-7,13,15H,3-4,8-11H2,1-2H3. The van der Waals surface area contributed by atoms with Crippen molar-refractivity contribution < 1.29 is 8.42 Å². The molecule has 2 heterocycles. The summed E-state index contributed by atoms with van der Waals surface area (Å²) in [5.74, 6) is 2.53. The molecule has 0 radical (unpaired) electrons. The summed E-state index contributed by atoms with van der Waals surface area (Å²) < 4.78 is 24.7. The van der Waals surface area contributed by atoms with Crippen LogP contribution in [0.2, 0.25) is 0 Å². The minimum absolute atomic E-state index is 0.171. The van der Waals surface area contributed by atoms with E-state index in [1.54, 1.807) is 24.9 Å². The van der Waals surface area contributed by atoms with Gasteiger partial charge in [0.25, 0.3) is 0 Å². The van der Waals surface area contributed by atoms with Crippen LogP contribution in [-0.4, -0.2) is 49.1 Å². The van der Waals surface area contributed by atoms with Crippen LogP contribution in [0.25, 0.3) is 0 Å². The molecule has 1 aliphatic rings. The molecule has 1 aromatic heterocycles. The molecular formula is C14H23N3O2S2. The fourth-order valence-corrected chi connectivity index (χ4v) is 5.37. The minimum atomic E-state index is -3.11. The quantitative estimate of drug-likeness (QED) is 0.853. The molecule has 5 nitrogen and oxygen atoms in total. The SMILES string of the molecule is CCNCc1cccnc1N1CCSCC1S(=O)(=O)CC. The van der Waals surface area contributed by atoms with Crippen molar-refractivity contribution in [2.75, 3.05) is 35.2 Å². The van der Waals surface area contributed by atoms with Gasteiger partial charge in [-0.3, -0.25) is 0 Å². The van der Waals surface area contributed by atoms with Gasteiger partial charge in [-0.2, -0.15) is 11.8 Å². The van der Waals surface area contributed by atoms with Gasteiger partial charge in [0.05, 0.1) is 0 Å². The number of thioether (sulfide) groups is 1. The van der Waals surface area contributed by atoms with Gasteiger partial charge in [0.2, 0.25) is 0 Å². The Morgan fingerprint density at radius 1 is 1.48 bits per heavy atom. The zero-order valence-corrected chi connectivity index (χ0v) is 14.2. The Morgan fingerprint density at radius 3 is 3.00 bits per heavy atom. The van der Waals surface area contributed by atoms with E-state index in [0.717, 1.165) is 30.2 Å². The first-order chi connectivity index (χ1) is 10.1. The molecule has 1 aromatic rings. The molecule has 1 saturated heterocycles. The average molecular weight is 329 g/mol. The number of pyridine rings is 1. The number of nitrogens with one attached hydrogen (secondary N) is 1. The lowest BCUT2D eigenvalue weighted by Crippen LogP contribution is -2.48. The topological polar surface area (TPSA) is 62.3 Å².